The first-order chi connectivity index (χ1) is 13.5. The van der Waals surface area contributed by atoms with E-state index >= 15 is 0 Å². The van der Waals surface area contributed by atoms with Crippen LogP contribution in [0.1, 0.15) is 21.9 Å². The van der Waals surface area contributed by atoms with Crippen LogP contribution in [0.2, 0.25) is 0 Å². The number of hydrogen-bond donors (Lipinski definition) is 1. The average molecular weight is 391 g/mol. The van der Waals surface area contributed by atoms with E-state index in [0.717, 1.165) is 0 Å². The van der Waals surface area contributed by atoms with E-state index in [4.69, 9.17) is 9.15 Å². The van der Waals surface area contributed by atoms with Crippen molar-refractivity contribution < 1.29 is 31.9 Å². The maximum absolute atomic E-state index is 12.9. The van der Waals surface area contributed by atoms with Gasteiger partial charge >= 0.3 is 6.61 Å². The second-order valence-corrected chi connectivity index (χ2v) is 5.68. The maximum Gasteiger partial charge on any atom is 0.387 e. The molecule has 0 fully saturated rings. The Hall–Kier alpha value is -3.42. The molecule has 1 heterocycles. The predicted molar refractivity (Wildman–Crippen MR) is 93.7 cm³/mol. The van der Waals surface area contributed by atoms with E-state index in [2.05, 4.69) is 10.1 Å². The summed E-state index contributed by atoms with van der Waals surface area (Å²) in [6.45, 7) is -2.90. The van der Waals surface area contributed by atoms with Gasteiger partial charge in [-0.05, 0) is 42.5 Å². The molecule has 5 nitrogen and oxygen atoms in total. The van der Waals surface area contributed by atoms with E-state index in [1.165, 1.54) is 36.4 Å². The van der Waals surface area contributed by atoms with E-state index in [-0.39, 0.29) is 30.5 Å². The quantitative estimate of drug-likeness (QED) is 0.613. The number of alkyl halides is 2. The van der Waals surface area contributed by atoms with Crippen molar-refractivity contribution in [2.24, 2.45) is 0 Å². The van der Waals surface area contributed by atoms with E-state index in [1.54, 1.807) is 24.3 Å². The number of benzene rings is 2. The van der Waals surface area contributed by atoms with Gasteiger partial charge in [0.05, 0.1) is 0 Å². The number of nitrogens with one attached hydrogen (secondary N) is 1. The number of para-hydroxylation sites is 1. The Morgan fingerprint density at radius 1 is 1.04 bits per heavy atom. The summed E-state index contributed by atoms with van der Waals surface area (Å²) in [6, 6.07) is 14.7. The number of hydrogen-bond acceptors (Lipinski definition) is 4. The normalized spacial score (nSPS) is 10.7. The second-order valence-electron chi connectivity index (χ2n) is 5.68. The molecule has 8 heteroatoms. The van der Waals surface area contributed by atoms with Gasteiger partial charge in [0, 0.05) is 12.1 Å². The summed E-state index contributed by atoms with van der Waals surface area (Å²) in [4.78, 5) is 12.2. The van der Waals surface area contributed by atoms with Crippen molar-refractivity contribution in [1.29, 1.82) is 0 Å². The van der Waals surface area contributed by atoms with E-state index < -0.39 is 12.5 Å². The number of amides is 1. The van der Waals surface area contributed by atoms with Crippen molar-refractivity contribution in [2.75, 3.05) is 0 Å². The molecule has 0 radical (unpaired) electrons. The van der Waals surface area contributed by atoms with Crippen molar-refractivity contribution in [1.82, 2.24) is 5.32 Å². The predicted octanol–water partition coefficient (Wildman–Crippen LogP) is 4.53. The summed E-state index contributed by atoms with van der Waals surface area (Å²) in [5.74, 6) is 0.00987. The van der Waals surface area contributed by atoms with Crippen LogP contribution in [-0.2, 0) is 13.2 Å². The van der Waals surface area contributed by atoms with E-state index in [0.29, 0.717) is 17.1 Å². The van der Waals surface area contributed by atoms with Crippen LogP contribution in [0.15, 0.2) is 65.1 Å². The Kier molecular flexibility index (Phi) is 6.21. The minimum Gasteiger partial charge on any atom is -0.486 e. The summed E-state index contributed by atoms with van der Waals surface area (Å²) >= 11 is 0. The van der Waals surface area contributed by atoms with Gasteiger partial charge in [-0.25, -0.2) is 4.39 Å². The van der Waals surface area contributed by atoms with Gasteiger partial charge in [-0.3, -0.25) is 4.79 Å². The average Bonchev–Trinajstić information content (AvgIpc) is 3.15. The number of ether oxygens (including phenoxy) is 2. The van der Waals surface area contributed by atoms with Crippen molar-refractivity contribution in [3.63, 3.8) is 0 Å². The van der Waals surface area contributed by atoms with Crippen molar-refractivity contribution >= 4 is 5.91 Å². The van der Waals surface area contributed by atoms with Gasteiger partial charge in [-0.1, -0.05) is 18.2 Å². The lowest BCUT2D eigenvalue weighted by Gasteiger charge is -2.10. The third kappa shape index (κ3) is 5.29. The highest BCUT2D eigenvalue weighted by Gasteiger charge is 2.14. The zero-order valence-electron chi connectivity index (χ0n) is 14.5. The summed E-state index contributed by atoms with van der Waals surface area (Å²) in [7, 11) is 0. The lowest BCUT2D eigenvalue weighted by molar-refractivity contribution is -0.0504. The number of carbonyl (C=O) groups excluding carboxylic acids is 1. The third-order valence-electron chi connectivity index (χ3n) is 3.71. The molecule has 0 saturated heterocycles. The molecule has 146 valence electrons. The molecule has 3 rings (SSSR count). The number of furan rings is 1. The third-order valence-corrected chi connectivity index (χ3v) is 3.71. The number of carbonyl (C=O) groups is 1. The molecule has 1 N–H and O–H groups in total. The maximum atomic E-state index is 12.9. The molecule has 0 aliphatic rings. The Balaban J connectivity index is 1.55. The standard InChI is InChI=1S/C20H16F3NO4/c21-14-5-7-15(8-6-14)26-12-16-9-10-18(27-16)19(25)24-11-13-3-1-2-4-17(13)28-20(22)23/h1-10,20H,11-12H2,(H,24,25). The number of halogens is 3. The van der Waals surface area contributed by atoms with Gasteiger partial charge in [0.15, 0.2) is 5.76 Å². The van der Waals surface area contributed by atoms with E-state index in [1.807, 2.05) is 0 Å². The molecular weight excluding hydrogens is 375 g/mol. The molecular formula is C20H16F3NO4. The smallest absolute Gasteiger partial charge is 0.387 e. The minimum atomic E-state index is -2.95. The summed E-state index contributed by atoms with van der Waals surface area (Å²) in [5, 5.41) is 2.58. The van der Waals surface area contributed by atoms with Crippen LogP contribution in [0.25, 0.3) is 0 Å². The van der Waals surface area contributed by atoms with Crippen LogP contribution >= 0.6 is 0 Å². The van der Waals surface area contributed by atoms with Gasteiger partial charge in [-0.2, -0.15) is 8.78 Å². The lowest BCUT2D eigenvalue weighted by Crippen LogP contribution is -2.22. The molecule has 1 aromatic heterocycles. The van der Waals surface area contributed by atoms with Crippen molar-refractivity contribution in [3.8, 4) is 11.5 Å². The highest BCUT2D eigenvalue weighted by molar-refractivity contribution is 5.91. The number of rotatable bonds is 8. The van der Waals surface area contributed by atoms with Crippen LogP contribution < -0.4 is 14.8 Å². The zero-order valence-corrected chi connectivity index (χ0v) is 14.5. The SMILES string of the molecule is O=C(NCc1ccccc1OC(F)F)c1ccc(COc2ccc(F)cc2)o1. The fraction of sp³-hybridized carbons (Fsp3) is 0.150. The Bertz CT molecular complexity index is 925. The molecule has 0 unspecified atom stereocenters. The first-order valence-electron chi connectivity index (χ1n) is 8.29. The Morgan fingerprint density at radius 2 is 1.79 bits per heavy atom. The highest BCUT2D eigenvalue weighted by Crippen LogP contribution is 2.20. The molecule has 2 aromatic carbocycles. The zero-order chi connectivity index (χ0) is 19.9. The van der Waals surface area contributed by atoms with Crippen molar-refractivity contribution in [3.05, 3.63) is 83.6 Å². The molecule has 0 bridgehead atoms. The molecule has 0 saturated carbocycles. The molecule has 0 spiro atoms. The van der Waals surface area contributed by atoms with E-state index in [9.17, 15) is 18.0 Å². The van der Waals surface area contributed by atoms with Gasteiger partial charge in [-0.15, -0.1) is 0 Å². The Morgan fingerprint density at radius 3 is 2.54 bits per heavy atom. The topological polar surface area (TPSA) is 60.7 Å². The highest BCUT2D eigenvalue weighted by atomic mass is 19.3. The van der Waals surface area contributed by atoms with Crippen LogP contribution in [0.4, 0.5) is 13.2 Å². The van der Waals surface area contributed by atoms with Gasteiger partial charge in [0.1, 0.15) is 29.7 Å². The molecule has 0 aliphatic carbocycles. The first-order valence-corrected chi connectivity index (χ1v) is 8.29. The van der Waals surface area contributed by atoms with Crippen LogP contribution in [-0.4, -0.2) is 12.5 Å². The monoisotopic (exact) mass is 391 g/mol. The first kappa shape index (κ1) is 19.3. The molecule has 0 aliphatic heterocycles. The Labute approximate surface area is 158 Å². The van der Waals surface area contributed by atoms with Gasteiger partial charge in [0.2, 0.25) is 0 Å². The van der Waals surface area contributed by atoms with Crippen LogP contribution in [0, 0.1) is 5.82 Å². The lowest BCUT2D eigenvalue weighted by atomic mass is 10.2. The van der Waals surface area contributed by atoms with Gasteiger partial charge < -0.3 is 19.2 Å². The fourth-order valence-corrected chi connectivity index (χ4v) is 2.39. The largest absolute Gasteiger partial charge is 0.486 e. The molecule has 1 amide bonds. The summed E-state index contributed by atoms with van der Waals surface area (Å²) in [5.41, 5.74) is 0.405. The fourth-order valence-electron chi connectivity index (χ4n) is 2.39. The summed E-state index contributed by atoms with van der Waals surface area (Å²) in [6.07, 6.45) is 0. The summed E-state index contributed by atoms with van der Waals surface area (Å²) < 4.78 is 53.0. The van der Waals surface area contributed by atoms with Crippen molar-refractivity contribution in [2.45, 2.75) is 19.8 Å². The molecule has 28 heavy (non-hydrogen) atoms. The minimum absolute atomic E-state index is 0.00867. The molecule has 0 atom stereocenters. The van der Waals surface area contributed by atoms with Crippen LogP contribution in [0.3, 0.4) is 0 Å². The molecule has 3 aromatic rings. The van der Waals surface area contributed by atoms with Gasteiger partial charge in [0.25, 0.3) is 5.91 Å². The second kappa shape index (κ2) is 8.98. The van der Waals surface area contributed by atoms with Crippen LogP contribution in [0.5, 0.6) is 11.5 Å².